The van der Waals surface area contributed by atoms with E-state index in [1.165, 1.54) is 11.1 Å². The molecule has 1 aromatic carbocycles. The van der Waals surface area contributed by atoms with E-state index in [1.807, 2.05) is 43.4 Å². The van der Waals surface area contributed by atoms with Crippen LogP contribution in [0.3, 0.4) is 0 Å². The molecule has 0 N–H and O–H groups in total. The molecule has 2 aromatic rings. The molecule has 0 saturated heterocycles. The summed E-state index contributed by atoms with van der Waals surface area (Å²) in [7, 11) is 3.61. The molecule has 1 aromatic heterocycles. The fourth-order valence-electron chi connectivity index (χ4n) is 2.98. The van der Waals surface area contributed by atoms with Crippen molar-refractivity contribution in [3.63, 3.8) is 0 Å². The number of pyridine rings is 1. The molecular formula is C20H23BrClN3O2. The molecule has 5 nitrogen and oxygen atoms in total. The summed E-state index contributed by atoms with van der Waals surface area (Å²) in [5, 5.41) is 0.631. The maximum atomic E-state index is 6.24. The number of ether oxygens (including phenoxy) is 2. The van der Waals surface area contributed by atoms with Gasteiger partial charge in [0.2, 0.25) is 5.88 Å². The molecule has 1 atom stereocenters. The van der Waals surface area contributed by atoms with Crippen LogP contribution in [-0.2, 0) is 12.8 Å². The van der Waals surface area contributed by atoms with E-state index in [2.05, 4.69) is 32.8 Å². The molecule has 3 rings (SSSR count). The van der Waals surface area contributed by atoms with Gasteiger partial charge in [-0.05, 0) is 59.1 Å². The zero-order chi connectivity index (χ0) is 19.6. The fourth-order valence-corrected chi connectivity index (χ4v) is 3.64. The normalized spacial score (nSPS) is 15.9. The Hall–Kier alpha value is -1.79. The van der Waals surface area contributed by atoms with Crippen molar-refractivity contribution >= 4 is 39.6 Å². The number of hydrogen-bond donors (Lipinski definition) is 0. The fraction of sp³-hybridized carbons (Fsp3) is 0.400. The lowest BCUT2D eigenvalue weighted by atomic mass is 10.1. The number of aromatic nitrogens is 1. The lowest BCUT2D eigenvalue weighted by molar-refractivity contribution is 0.203. The van der Waals surface area contributed by atoms with Crippen LogP contribution in [0, 0.1) is 6.92 Å². The summed E-state index contributed by atoms with van der Waals surface area (Å²) < 4.78 is 12.3. The highest BCUT2D eigenvalue weighted by Crippen LogP contribution is 2.36. The number of hydrogen-bond acceptors (Lipinski definition) is 4. The SMILES string of the molecule is CCN(C)C=Nc1cc(Br)c(OC2Cc3cc(Cl)c(OC)cc3C2)nc1C. The van der Waals surface area contributed by atoms with E-state index >= 15 is 0 Å². The summed E-state index contributed by atoms with van der Waals surface area (Å²) in [6.07, 6.45) is 3.43. The minimum atomic E-state index is 0.0203. The molecule has 0 radical (unpaired) electrons. The summed E-state index contributed by atoms with van der Waals surface area (Å²) in [6.45, 7) is 4.91. The van der Waals surface area contributed by atoms with Crippen molar-refractivity contribution in [1.29, 1.82) is 0 Å². The van der Waals surface area contributed by atoms with Crippen molar-refractivity contribution in [3.05, 3.63) is 44.5 Å². The van der Waals surface area contributed by atoms with Gasteiger partial charge in [-0.15, -0.1) is 0 Å². The van der Waals surface area contributed by atoms with Crippen LogP contribution in [0.15, 0.2) is 27.7 Å². The molecule has 1 aliphatic rings. The molecule has 0 saturated carbocycles. The van der Waals surface area contributed by atoms with Gasteiger partial charge in [-0.3, -0.25) is 0 Å². The molecule has 1 unspecified atom stereocenters. The van der Waals surface area contributed by atoms with Crippen molar-refractivity contribution < 1.29 is 9.47 Å². The lowest BCUT2D eigenvalue weighted by Gasteiger charge is -2.15. The number of halogens is 2. The second-order valence-electron chi connectivity index (χ2n) is 6.60. The van der Waals surface area contributed by atoms with Crippen molar-refractivity contribution in [1.82, 2.24) is 9.88 Å². The average Bonchev–Trinajstić information content (AvgIpc) is 3.03. The molecule has 27 heavy (non-hydrogen) atoms. The van der Waals surface area contributed by atoms with Crippen molar-refractivity contribution in [2.75, 3.05) is 20.7 Å². The first-order chi connectivity index (χ1) is 12.9. The van der Waals surface area contributed by atoms with Crippen molar-refractivity contribution in [2.45, 2.75) is 32.8 Å². The minimum absolute atomic E-state index is 0.0203. The third-order valence-electron chi connectivity index (χ3n) is 4.65. The predicted molar refractivity (Wildman–Crippen MR) is 113 cm³/mol. The molecule has 1 heterocycles. The Balaban J connectivity index is 1.75. The summed E-state index contributed by atoms with van der Waals surface area (Å²) in [5.74, 6) is 1.29. The molecule has 0 spiro atoms. The highest BCUT2D eigenvalue weighted by molar-refractivity contribution is 9.10. The third kappa shape index (κ3) is 4.55. The first-order valence-electron chi connectivity index (χ1n) is 8.84. The van der Waals surface area contributed by atoms with Crippen LogP contribution < -0.4 is 9.47 Å². The average molecular weight is 453 g/mol. The molecule has 0 fully saturated rings. The van der Waals surface area contributed by atoms with Crippen molar-refractivity contribution in [2.24, 2.45) is 4.99 Å². The second kappa shape index (κ2) is 8.48. The highest BCUT2D eigenvalue weighted by Gasteiger charge is 2.26. The standard InChI is InChI=1S/C20H23BrClN3O2/c1-5-25(3)11-23-18-10-16(21)20(24-12(18)2)27-15-6-13-8-17(22)19(26-4)9-14(13)7-15/h8-11,15H,5-7H2,1-4H3. The number of aryl methyl sites for hydroxylation is 1. The number of fused-ring (bicyclic) bond motifs is 1. The topological polar surface area (TPSA) is 47.0 Å². The maximum Gasteiger partial charge on any atom is 0.228 e. The van der Waals surface area contributed by atoms with E-state index in [-0.39, 0.29) is 6.10 Å². The van der Waals surface area contributed by atoms with E-state index in [9.17, 15) is 0 Å². The van der Waals surface area contributed by atoms with Crippen LogP contribution in [0.25, 0.3) is 0 Å². The van der Waals surface area contributed by atoms with Gasteiger partial charge in [-0.25, -0.2) is 9.98 Å². The Morgan fingerprint density at radius 2 is 2.04 bits per heavy atom. The molecule has 7 heteroatoms. The van der Waals surface area contributed by atoms with Crippen LogP contribution >= 0.6 is 27.5 Å². The molecule has 1 aliphatic carbocycles. The molecule has 0 amide bonds. The van der Waals surface area contributed by atoms with Crippen LogP contribution in [0.2, 0.25) is 5.02 Å². The zero-order valence-electron chi connectivity index (χ0n) is 15.9. The van der Waals surface area contributed by atoms with Gasteiger partial charge >= 0.3 is 0 Å². The Morgan fingerprint density at radius 3 is 2.70 bits per heavy atom. The van der Waals surface area contributed by atoms with Gasteiger partial charge in [0, 0.05) is 26.4 Å². The van der Waals surface area contributed by atoms with E-state index in [0.29, 0.717) is 16.7 Å². The smallest absolute Gasteiger partial charge is 0.228 e. The number of aliphatic imine (C=N–C) groups is 1. The van der Waals surface area contributed by atoms with E-state index in [0.717, 1.165) is 35.2 Å². The van der Waals surface area contributed by atoms with Gasteiger partial charge in [-0.1, -0.05) is 11.6 Å². The Labute approximate surface area is 173 Å². The quantitative estimate of drug-likeness (QED) is 0.458. The van der Waals surface area contributed by atoms with E-state index in [4.69, 9.17) is 21.1 Å². The minimum Gasteiger partial charge on any atom is -0.495 e. The maximum absolute atomic E-state index is 6.24. The van der Waals surface area contributed by atoms with Crippen LogP contribution in [-0.4, -0.2) is 43.0 Å². The molecule has 144 valence electrons. The van der Waals surface area contributed by atoms with E-state index < -0.39 is 0 Å². The Kier molecular flexibility index (Phi) is 6.27. The first kappa shape index (κ1) is 20.0. The first-order valence-corrected chi connectivity index (χ1v) is 10.0. The van der Waals surface area contributed by atoms with Gasteiger partial charge < -0.3 is 14.4 Å². The summed E-state index contributed by atoms with van der Waals surface area (Å²) in [4.78, 5) is 11.1. The molecular weight excluding hydrogens is 430 g/mol. The molecule has 0 aliphatic heterocycles. The highest BCUT2D eigenvalue weighted by atomic mass is 79.9. The number of nitrogens with zero attached hydrogens (tertiary/aromatic N) is 3. The largest absolute Gasteiger partial charge is 0.495 e. The number of methoxy groups -OCH3 is 1. The molecule has 0 bridgehead atoms. The van der Waals surface area contributed by atoms with Gasteiger partial charge in [0.25, 0.3) is 0 Å². The summed E-state index contributed by atoms with van der Waals surface area (Å²) in [5.41, 5.74) is 4.05. The van der Waals surface area contributed by atoms with Gasteiger partial charge in [0.1, 0.15) is 11.9 Å². The second-order valence-corrected chi connectivity index (χ2v) is 7.86. The Bertz CT molecular complexity index is 873. The third-order valence-corrected chi connectivity index (χ3v) is 5.51. The number of rotatable bonds is 6. The van der Waals surface area contributed by atoms with Crippen molar-refractivity contribution in [3.8, 4) is 11.6 Å². The van der Waals surface area contributed by atoms with Gasteiger partial charge in [-0.2, -0.15) is 0 Å². The zero-order valence-corrected chi connectivity index (χ0v) is 18.3. The van der Waals surface area contributed by atoms with Crippen LogP contribution in [0.4, 0.5) is 5.69 Å². The Morgan fingerprint density at radius 1 is 1.33 bits per heavy atom. The van der Waals surface area contributed by atoms with Crippen LogP contribution in [0.5, 0.6) is 11.6 Å². The summed E-state index contributed by atoms with van der Waals surface area (Å²) >= 11 is 9.81. The van der Waals surface area contributed by atoms with Gasteiger partial charge in [0.15, 0.2) is 0 Å². The van der Waals surface area contributed by atoms with Crippen LogP contribution in [0.1, 0.15) is 23.7 Å². The predicted octanol–water partition coefficient (Wildman–Crippen LogP) is 4.97. The lowest BCUT2D eigenvalue weighted by Crippen LogP contribution is -2.17. The monoisotopic (exact) mass is 451 g/mol. The van der Waals surface area contributed by atoms with Gasteiger partial charge in [0.05, 0.1) is 34.3 Å². The van der Waals surface area contributed by atoms with E-state index in [1.54, 1.807) is 7.11 Å². The number of benzene rings is 1. The summed E-state index contributed by atoms with van der Waals surface area (Å²) in [6, 6.07) is 5.91.